The van der Waals surface area contributed by atoms with Gasteiger partial charge in [-0.25, -0.2) is 0 Å². The number of piperidine rings is 1. The van der Waals surface area contributed by atoms with E-state index in [1.165, 1.54) is 29.5 Å². The zero-order valence-corrected chi connectivity index (χ0v) is 10.3. The summed E-state index contributed by atoms with van der Waals surface area (Å²) in [5.74, 6) is 0. The van der Waals surface area contributed by atoms with Crippen molar-refractivity contribution in [2.24, 2.45) is 5.73 Å². The maximum Gasteiger partial charge on any atom is 0.0558 e. The third kappa shape index (κ3) is 2.00. The number of nitrogens with two attached hydrogens (primary N) is 1. The summed E-state index contributed by atoms with van der Waals surface area (Å²) in [6.45, 7) is 6.11. The summed E-state index contributed by atoms with van der Waals surface area (Å²) in [6.07, 6.45) is 3.70. The van der Waals surface area contributed by atoms with Crippen molar-refractivity contribution >= 4 is 0 Å². The first-order chi connectivity index (χ1) is 7.68. The Bertz CT molecular complexity index is 365. The molecule has 1 aliphatic rings. The Balaban J connectivity index is 2.35. The average molecular weight is 218 g/mol. The topological polar surface area (TPSA) is 38.0 Å². The van der Waals surface area contributed by atoms with Crippen LogP contribution in [0.4, 0.5) is 0 Å². The predicted octanol–water partition coefficient (Wildman–Crippen LogP) is 2.23. The van der Waals surface area contributed by atoms with Crippen molar-refractivity contribution in [3.8, 4) is 0 Å². The minimum Gasteiger partial charge on any atom is -0.328 e. The molecule has 1 aliphatic heterocycles. The maximum absolute atomic E-state index is 6.00. The van der Waals surface area contributed by atoms with Crippen LogP contribution >= 0.6 is 0 Å². The van der Waals surface area contributed by atoms with Gasteiger partial charge in [-0.3, -0.25) is 0 Å². The minimum atomic E-state index is 0.0245. The summed E-state index contributed by atoms with van der Waals surface area (Å²) in [4.78, 5) is 0. The molecular formula is C14H22N2. The van der Waals surface area contributed by atoms with Crippen molar-refractivity contribution in [1.29, 1.82) is 0 Å². The summed E-state index contributed by atoms with van der Waals surface area (Å²) in [5, 5.41) is 3.62. The fourth-order valence-electron chi connectivity index (χ4n) is 2.55. The molecule has 1 aromatic rings. The van der Waals surface area contributed by atoms with Gasteiger partial charge in [0.1, 0.15) is 0 Å². The maximum atomic E-state index is 6.00. The standard InChI is InChI=1S/C14H22N2/c1-11-5-6-13(9-12(11)2)14(10-15)7-3-4-8-16-14/h5-6,9,16H,3-4,7-8,10,15H2,1-2H3. The molecule has 3 N–H and O–H groups in total. The van der Waals surface area contributed by atoms with Gasteiger partial charge in [0.25, 0.3) is 0 Å². The Morgan fingerprint density at radius 1 is 1.25 bits per heavy atom. The molecule has 1 saturated heterocycles. The molecule has 16 heavy (non-hydrogen) atoms. The summed E-state index contributed by atoms with van der Waals surface area (Å²) in [5.41, 5.74) is 10.1. The van der Waals surface area contributed by atoms with Crippen LogP contribution in [0.25, 0.3) is 0 Å². The van der Waals surface area contributed by atoms with E-state index < -0.39 is 0 Å². The highest BCUT2D eigenvalue weighted by molar-refractivity contribution is 5.35. The molecule has 0 bridgehead atoms. The van der Waals surface area contributed by atoms with Crippen LogP contribution in [-0.4, -0.2) is 13.1 Å². The first-order valence-corrected chi connectivity index (χ1v) is 6.21. The van der Waals surface area contributed by atoms with Crippen LogP contribution in [0.5, 0.6) is 0 Å². The van der Waals surface area contributed by atoms with E-state index in [1.54, 1.807) is 0 Å². The molecular weight excluding hydrogens is 196 g/mol. The van der Waals surface area contributed by atoms with Crippen molar-refractivity contribution < 1.29 is 0 Å². The smallest absolute Gasteiger partial charge is 0.0558 e. The number of hydrogen-bond donors (Lipinski definition) is 2. The molecule has 0 saturated carbocycles. The highest BCUT2D eigenvalue weighted by Gasteiger charge is 2.31. The van der Waals surface area contributed by atoms with Crippen LogP contribution in [0.2, 0.25) is 0 Å². The number of rotatable bonds is 2. The van der Waals surface area contributed by atoms with E-state index in [2.05, 4.69) is 37.4 Å². The molecule has 1 heterocycles. The van der Waals surface area contributed by atoms with Crippen LogP contribution in [-0.2, 0) is 5.54 Å². The Labute approximate surface area is 98.2 Å². The first-order valence-electron chi connectivity index (χ1n) is 6.21. The number of benzene rings is 1. The molecule has 0 aliphatic carbocycles. The SMILES string of the molecule is Cc1ccc(C2(CN)CCCCN2)cc1C. The third-order valence-electron chi connectivity index (χ3n) is 3.90. The fraction of sp³-hybridized carbons (Fsp3) is 0.571. The van der Waals surface area contributed by atoms with Gasteiger partial charge < -0.3 is 11.1 Å². The Morgan fingerprint density at radius 2 is 2.06 bits per heavy atom. The van der Waals surface area contributed by atoms with E-state index in [0.717, 1.165) is 13.0 Å². The lowest BCUT2D eigenvalue weighted by molar-refractivity contribution is 0.265. The molecule has 2 heteroatoms. The summed E-state index contributed by atoms with van der Waals surface area (Å²) >= 11 is 0. The lowest BCUT2D eigenvalue weighted by Gasteiger charge is -2.38. The van der Waals surface area contributed by atoms with Crippen LogP contribution < -0.4 is 11.1 Å². The summed E-state index contributed by atoms with van der Waals surface area (Å²) in [6, 6.07) is 6.73. The highest BCUT2D eigenvalue weighted by atomic mass is 15.0. The molecule has 1 aromatic carbocycles. The normalized spacial score (nSPS) is 25.7. The minimum absolute atomic E-state index is 0.0245. The lowest BCUT2D eigenvalue weighted by Crippen LogP contribution is -2.51. The van der Waals surface area contributed by atoms with Gasteiger partial charge in [-0.05, 0) is 56.3 Å². The van der Waals surface area contributed by atoms with Gasteiger partial charge in [0.15, 0.2) is 0 Å². The fourth-order valence-corrected chi connectivity index (χ4v) is 2.55. The molecule has 1 unspecified atom stereocenters. The Morgan fingerprint density at radius 3 is 2.62 bits per heavy atom. The second-order valence-electron chi connectivity index (χ2n) is 4.97. The molecule has 0 amide bonds. The van der Waals surface area contributed by atoms with E-state index in [0.29, 0.717) is 6.54 Å². The first kappa shape index (κ1) is 11.6. The van der Waals surface area contributed by atoms with Gasteiger partial charge in [-0.15, -0.1) is 0 Å². The number of nitrogens with one attached hydrogen (secondary N) is 1. The largest absolute Gasteiger partial charge is 0.328 e. The van der Waals surface area contributed by atoms with Crippen molar-refractivity contribution in [1.82, 2.24) is 5.32 Å². The molecule has 0 aromatic heterocycles. The zero-order chi connectivity index (χ0) is 11.6. The van der Waals surface area contributed by atoms with E-state index in [4.69, 9.17) is 5.73 Å². The molecule has 0 radical (unpaired) electrons. The van der Waals surface area contributed by atoms with Crippen LogP contribution in [0.15, 0.2) is 18.2 Å². The van der Waals surface area contributed by atoms with Crippen LogP contribution in [0.3, 0.4) is 0 Å². The van der Waals surface area contributed by atoms with E-state index in [9.17, 15) is 0 Å². The second-order valence-corrected chi connectivity index (χ2v) is 4.97. The molecule has 1 atom stereocenters. The summed E-state index contributed by atoms with van der Waals surface area (Å²) in [7, 11) is 0. The molecule has 88 valence electrons. The van der Waals surface area contributed by atoms with Crippen molar-refractivity contribution in [2.45, 2.75) is 38.6 Å². The molecule has 2 rings (SSSR count). The second kappa shape index (κ2) is 4.56. The molecule has 2 nitrogen and oxygen atoms in total. The van der Waals surface area contributed by atoms with E-state index in [1.807, 2.05) is 0 Å². The van der Waals surface area contributed by atoms with Crippen LogP contribution in [0, 0.1) is 13.8 Å². The van der Waals surface area contributed by atoms with Gasteiger partial charge in [-0.1, -0.05) is 18.2 Å². The van der Waals surface area contributed by atoms with Gasteiger partial charge in [0.2, 0.25) is 0 Å². The van der Waals surface area contributed by atoms with E-state index >= 15 is 0 Å². The van der Waals surface area contributed by atoms with Crippen molar-refractivity contribution in [2.75, 3.05) is 13.1 Å². The van der Waals surface area contributed by atoms with Crippen LogP contribution in [0.1, 0.15) is 36.0 Å². The van der Waals surface area contributed by atoms with Gasteiger partial charge in [-0.2, -0.15) is 0 Å². The average Bonchev–Trinajstić information content (AvgIpc) is 2.33. The molecule has 0 spiro atoms. The predicted molar refractivity (Wildman–Crippen MR) is 68.5 cm³/mol. The lowest BCUT2D eigenvalue weighted by atomic mass is 9.81. The third-order valence-corrected chi connectivity index (χ3v) is 3.90. The molecule has 1 fully saturated rings. The highest BCUT2D eigenvalue weighted by Crippen LogP contribution is 2.30. The number of aryl methyl sites for hydroxylation is 2. The Kier molecular flexibility index (Phi) is 3.31. The van der Waals surface area contributed by atoms with Gasteiger partial charge in [0, 0.05) is 6.54 Å². The number of hydrogen-bond acceptors (Lipinski definition) is 2. The van der Waals surface area contributed by atoms with Crippen molar-refractivity contribution in [3.05, 3.63) is 34.9 Å². The van der Waals surface area contributed by atoms with Gasteiger partial charge in [0.05, 0.1) is 5.54 Å². The van der Waals surface area contributed by atoms with Crippen molar-refractivity contribution in [3.63, 3.8) is 0 Å². The zero-order valence-electron chi connectivity index (χ0n) is 10.3. The van der Waals surface area contributed by atoms with E-state index in [-0.39, 0.29) is 5.54 Å². The summed E-state index contributed by atoms with van der Waals surface area (Å²) < 4.78 is 0. The monoisotopic (exact) mass is 218 g/mol. The Hall–Kier alpha value is -0.860. The quantitative estimate of drug-likeness (QED) is 0.799. The van der Waals surface area contributed by atoms with Gasteiger partial charge >= 0.3 is 0 Å².